The molecule has 0 radical (unpaired) electrons. The number of carbonyl (C=O) groups is 1. The molecular weight excluding hydrogens is 228 g/mol. The Morgan fingerprint density at radius 3 is 2.35 bits per heavy atom. The SMILES string of the molecule is CCOCCO/C(N)=N\C(N)=NC(=O)OCC. The number of aliphatic imine (C=N–C) groups is 2. The Balaban J connectivity index is 4.04. The first kappa shape index (κ1) is 15.2. The van der Waals surface area contributed by atoms with Gasteiger partial charge in [-0.1, -0.05) is 0 Å². The van der Waals surface area contributed by atoms with Gasteiger partial charge < -0.3 is 25.7 Å². The van der Waals surface area contributed by atoms with Crippen molar-refractivity contribution in [2.75, 3.05) is 26.4 Å². The molecule has 98 valence electrons. The van der Waals surface area contributed by atoms with Crippen molar-refractivity contribution in [3.63, 3.8) is 0 Å². The predicted octanol–water partition coefficient (Wildman–Crippen LogP) is -0.175. The van der Waals surface area contributed by atoms with Crippen LogP contribution in [0.1, 0.15) is 13.8 Å². The van der Waals surface area contributed by atoms with Crippen LogP contribution in [0.5, 0.6) is 0 Å². The monoisotopic (exact) mass is 246 g/mol. The molecule has 0 saturated heterocycles. The van der Waals surface area contributed by atoms with Crippen LogP contribution in [0.3, 0.4) is 0 Å². The van der Waals surface area contributed by atoms with Crippen LogP contribution in [0.25, 0.3) is 0 Å². The predicted molar refractivity (Wildman–Crippen MR) is 62.7 cm³/mol. The van der Waals surface area contributed by atoms with E-state index in [2.05, 4.69) is 14.7 Å². The minimum atomic E-state index is -0.823. The topological polar surface area (TPSA) is 122 Å². The summed E-state index contributed by atoms with van der Waals surface area (Å²) in [5.41, 5.74) is 10.7. The number of nitrogens with zero attached hydrogens (tertiary/aromatic N) is 2. The molecule has 0 fully saturated rings. The van der Waals surface area contributed by atoms with E-state index in [1.165, 1.54) is 0 Å². The van der Waals surface area contributed by atoms with Crippen molar-refractivity contribution in [3.8, 4) is 0 Å². The molecule has 0 rings (SSSR count). The zero-order chi connectivity index (χ0) is 13.1. The van der Waals surface area contributed by atoms with Gasteiger partial charge in [-0.05, 0) is 13.8 Å². The fourth-order valence-electron chi connectivity index (χ4n) is 0.769. The third-order valence-corrected chi connectivity index (χ3v) is 1.38. The molecule has 0 spiro atoms. The third kappa shape index (κ3) is 9.12. The van der Waals surface area contributed by atoms with Gasteiger partial charge in [0.05, 0.1) is 13.2 Å². The molecule has 8 nitrogen and oxygen atoms in total. The lowest BCUT2D eigenvalue weighted by molar-refractivity contribution is 0.105. The van der Waals surface area contributed by atoms with Crippen LogP contribution < -0.4 is 11.5 Å². The van der Waals surface area contributed by atoms with Crippen molar-refractivity contribution in [1.82, 2.24) is 0 Å². The zero-order valence-electron chi connectivity index (χ0n) is 10.0. The highest BCUT2D eigenvalue weighted by molar-refractivity contribution is 5.95. The number of hydrogen-bond acceptors (Lipinski definition) is 4. The molecule has 0 aromatic carbocycles. The van der Waals surface area contributed by atoms with E-state index in [1.54, 1.807) is 6.92 Å². The summed E-state index contributed by atoms with van der Waals surface area (Å²) in [7, 11) is 0. The van der Waals surface area contributed by atoms with Gasteiger partial charge in [0.25, 0.3) is 6.02 Å². The highest BCUT2D eigenvalue weighted by atomic mass is 16.5. The van der Waals surface area contributed by atoms with E-state index in [9.17, 15) is 4.79 Å². The Bertz CT molecular complexity index is 291. The second-order valence-electron chi connectivity index (χ2n) is 2.66. The molecule has 8 heteroatoms. The van der Waals surface area contributed by atoms with Crippen molar-refractivity contribution in [1.29, 1.82) is 0 Å². The number of ether oxygens (including phenoxy) is 3. The van der Waals surface area contributed by atoms with E-state index < -0.39 is 6.09 Å². The normalized spacial score (nSPS) is 12.4. The number of nitrogens with two attached hydrogens (primary N) is 2. The van der Waals surface area contributed by atoms with Crippen LogP contribution in [-0.2, 0) is 14.2 Å². The van der Waals surface area contributed by atoms with Crippen molar-refractivity contribution >= 4 is 18.1 Å². The van der Waals surface area contributed by atoms with Crippen LogP contribution in [0.15, 0.2) is 9.98 Å². The van der Waals surface area contributed by atoms with Gasteiger partial charge in [0, 0.05) is 6.61 Å². The maximum absolute atomic E-state index is 10.9. The summed E-state index contributed by atoms with van der Waals surface area (Å²) in [4.78, 5) is 17.7. The molecule has 4 N–H and O–H groups in total. The molecule has 0 bridgehead atoms. The Labute approximate surface area is 99.6 Å². The van der Waals surface area contributed by atoms with Gasteiger partial charge in [0.15, 0.2) is 0 Å². The van der Waals surface area contributed by atoms with Crippen LogP contribution in [0, 0.1) is 0 Å². The summed E-state index contributed by atoms with van der Waals surface area (Å²) < 4.78 is 14.5. The Kier molecular flexibility index (Phi) is 8.39. The van der Waals surface area contributed by atoms with Gasteiger partial charge in [-0.15, -0.1) is 4.99 Å². The lowest BCUT2D eigenvalue weighted by Gasteiger charge is -2.04. The minimum Gasteiger partial charge on any atom is -0.463 e. The first-order chi connectivity index (χ1) is 8.10. The molecule has 0 heterocycles. The summed E-state index contributed by atoms with van der Waals surface area (Å²) in [5, 5.41) is 0. The van der Waals surface area contributed by atoms with Gasteiger partial charge >= 0.3 is 6.09 Å². The summed E-state index contributed by atoms with van der Waals surface area (Å²) >= 11 is 0. The fourth-order valence-corrected chi connectivity index (χ4v) is 0.769. The van der Waals surface area contributed by atoms with Crippen molar-refractivity contribution < 1.29 is 19.0 Å². The molecule has 0 aliphatic carbocycles. The van der Waals surface area contributed by atoms with Gasteiger partial charge in [-0.25, -0.2) is 4.79 Å². The van der Waals surface area contributed by atoms with Crippen LogP contribution in [0.2, 0.25) is 0 Å². The van der Waals surface area contributed by atoms with Crippen LogP contribution >= 0.6 is 0 Å². The Morgan fingerprint density at radius 2 is 1.76 bits per heavy atom. The number of amides is 1. The maximum atomic E-state index is 10.9. The number of hydrogen-bond donors (Lipinski definition) is 2. The van der Waals surface area contributed by atoms with E-state index in [4.69, 9.17) is 20.9 Å². The summed E-state index contributed by atoms with van der Waals surface area (Å²) in [5.74, 6) is -0.322. The van der Waals surface area contributed by atoms with Gasteiger partial charge in [-0.3, -0.25) is 0 Å². The molecule has 0 aliphatic heterocycles. The van der Waals surface area contributed by atoms with Crippen molar-refractivity contribution in [2.45, 2.75) is 13.8 Å². The Morgan fingerprint density at radius 1 is 1.06 bits per heavy atom. The number of amidine groups is 1. The average Bonchev–Trinajstić information content (AvgIpc) is 2.24. The first-order valence-electron chi connectivity index (χ1n) is 5.15. The van der Waals surface area contributed by atoms with Gasteiger partial charge in [-0.2, -0.15) is 4.99 Å². The standard InChI is InChI=1S/C9H18N4O4/c1-3-15-5-6-17-8(11)12-7(10)13-9(14)16-4-2/h3-6H2,1-2H3,(H4,10,11,12,13,14). The molecule has 0 aliphatic rings. The molecule has 0 aromatic heterocycles. The van der Waals surface area contributed by atoms with Crippen molar-refractivity contribution in [2.24, 2.45) is 21.5 Å². The molecule has 0 atom stereocenters. The average molecular weight is 246 g/mol. The quantitative estimate of drug-likeness (QED) is 0.394. The number of carbonyl (C=O) groups excluding carboxylic acids is 1. The van der Waals surface area contributed by atoms with E-state index in [0.29, 0.717) is 13.2 Å². The number of rotatable bonds is 5. The lowest BCUT2D eigenvalue weighted by Crippen LogP contribution is -2.23. The molecule has 17 heavy (non-hydrogen) atoms. The summed E-state index contributed by atoms with van der Waals surface area (Å²) in [6, 6.07) is -0.185. The van der Waals surface area contributed by atoms with E-state index >= 15 is 0 Å². The highest BCUT2D eigenvalue weighted by Crippen LogP contribution is 1.85. The molecule has 0 saturated carbocycles. The highest BCUT2D eigenvalue weighted by Gasteiger charge is 2.00. The third-order valence-electron chi connectivity index (χ3n) is 1.38. The molecule has 1 amide bonds. The largest absolute Gasteiger partial charge is 0.463 e. The van der Waals surface area contributed by atoms with Crippen molar-refractivity contribution in [3.05, 3.63) is 0 Å². The first-order valence-corrected chi connectivity index (χ1v) is 5.15. The van der Waals surface area contributed by atoms with E-state index in [1.807, 2.05) is 6.92 Å². The summed E-state index contributed by atoms with van der Waals surface area (Å²) in [6.45, 7) is 4.95. The lowest BCUT2D eigenvalue weighted by atomic mass is 10.7. The molecular formula is C9H18N4O4. The second kappa shape index (κ2) is 9.40. The molecule has 0 aromatic rings. The number of guanidine groups is 1. The second-order valence-corrected chi connectivity index (χ2v) is 2.66. The van der Waals surface area contributed by atoms with Crippen LogP contribution in [-0.4, -0.2) is 44.5 Å². The van der Waals surface area contributed by atoms with E-state index in [0.717, 1.165) is 0 Å². The summed E-state index contributed by atoms with van der Waals surface area (Å²) in [6.07, 6.45) is -0.823. The smallest absolute Gasteiger partial charge is 0.436 e. The van der Waals surface area contributed by atoms with Gasteiger partial charge in [0.2, 0.25) is 5.96 Å². The molecule has 0 unspecified atom stereocenters. The van der Waals surface area contributed by atoms with Crippen LogP contribution in [0.4, 0.5) is 4.79 Å². The Hall–Kier alpha value is -1.83. The minimum absolute atomic E-state index is 0.185. The van der Waals surface area contributed by atoms with Gasteiger partial charge in [0.1, 0.15) is 6.61 Å². The fraction of sp³-hybridized carbons (Fsp3) is 0.667. The maximum Gasteiger partial charge on any atom is 0.436 e. The van der Waals surface area contributed by atoms with E-state index in [-0.39, 0.29) is 25.2 Å². The zero-order valence-corrected chi connectivity index (χ0v) is 10.0.